The monoisotopic (exact) mass is 365 g/mol. The highest BCUT2D eigenvalue weighted by Gasteiger charge is 2.06. The molecule has 0 radical (unpaired) electrons. The minimum Gasteiger partial charge on any atom is -0.492 e. The van der Waals surface area contributed by atoms with Crippen LogP contribution in [-0.4, -0.2) is 42.3 Å². The van der Waals surface area contributed by atoms with Gasteiger partial charge in [0.15, 0.2) is 5.96 Å². The Morgan fingerprint density at radius 2 is 1.78 bits per heavy atom. The van der Waals surface area contributed by atoms with Gasteiger partial charge in [-0.1, -0.05) is 30.3 Å². The quantitative estimate of drug-likeness (QED) is 0.366. The van der Waals surface area contributed by atoms with Gasteiger partial charge in [-0.25, -0.2) is 4.98 Å². The Kier molecular flexibility index (Phi) is 6.68. The normalized spacial score (nSPS) is 11.6. The van der Waals surface area contributed by atoms with Crippen molar-refractivity contribution in [3.63, 3.8) is 0 Å². The molecule has 0 fully saturated rings. The van der Waals surface area contributed by atoms with Gasteiger partial charge in [0.05, 0.1) is 17.6 Å². The van der Waals surface area contributed by atoms with Crippen molar-refractivity contribution in [3.05, 3.63) is 60.4 Å². The van der Waals surface area contributed by atoms with E-state index in [1.54, 1.807) is 7.05 Å². The summed E-state index contributed by atoms with van der Waals surface area (Å²) < 4.78 is 7.94. The van der Waals surface area contributed by atoms with Crippen molar-refractivity contribution in [3.8, 4) is 5.75 Å². The van der Waals surface area contributed by atoms with Crippen LogP contribution >= 0.6 is 0 Å². The number of para-hydroxylation sites is 3. The third kappa shape index (κ3) is 5.23. The summed E-state index contributed by atoms with van der Waals surface area (Å²) in [7, 11) is 1.78. The molecule has 6 heteroatoms. The second-order valence-electron chi connectivity index (χ2n) is 6.24. The number of hydrogen-bond donors (Lipinski definition) is 2. The molecule has 3 rings (SSSR count). The number of rotatable bonds is 8. The smallest absolute Gasteiger partial charge is 0.191 e. The molecule has 2 aromatic carbocycles. The van der Waals surface area contributed by atoms with Crippen molar-refractivity contribution < 1.29 is 4.74 Å². The molecule has 6 nitrogen and oxygen atoms in total. The van der Waals surface area contributed by atoms with Gasteiger partial charge in [-0.15, -0.1) is 0 Å². The number of aromatic nitrogens is 2. The molecule has 0 saturated carbocycles. The molecule has 0 aliphatic heterocycles. The molecule has 2 N–H and O–H groups in total. The Balaban J connectivity index is 1.37. The average molecular weight is 365 g/mol. The first kappa shape index (κ1) is 18.8. The zero-order valence-electron chi connectivity index (χ0n) is 16.0. The van der Waals surface area contributed by atoms with E-state index in [-0.39, 0.29) is 0 Å². The predicted octanol–water partition coefficient (Wildman–Crippen LogP) is 2.98. The zero-order chi connectivity index (χ0) is 18.9. The molecule has 0 saturated heterocycles. The second-order valence-corrected chi connectivity index (χ2v) is 6.24. The standard InChI is InChI=1S/C21H27N5O/c1-17-25-19-11-6-7-12-20(19)26(17)15-8-13-23-21(22-2)24-14-16-27-18-9-4-3-5-10-18/h3-7,9-12H,8,13-16H2,1-2H3,(H2,22,23,24). The van der Waals surface area contributed by atoms with Gasteiger partial charge < -0.3 is 19.9 Å². The lowest BCUT2D eigenvalue weighted by Crippen LogP contribution is -2.39. The summed E-state index contributed by atoms with van der Waals surface area (Å²) in [5.74, 6) is 2.72. The molecule has 0 bridgehead atoms. The number of aliphatic imine (C=N–C) groups is 1. The van der Waals surface area contributed by atoms with E-state index in [0.29, 0.717) is 13.2 Å². The summed E-state index contributed by atoms with van der Waals surface area (Å²) in [5.41, 5.74) is 2.24. The van der Waals surface area contributed by atoms with Gasteiger partial charge >= 0.3 is 0 Å². The van der Waals surface area contributed by atoms with Gasteiger partial charge in [-0.3, -0.25) is 4.99 Å². The van der Waals surface area contributed by atoms with Crippen LogP contribution in [0.25, 0.3) is 11.0 Å². The van der Waals surface area contributed by atoms with Crippen LogP contribution in [0.5, 0.6) is 5.75 Å². The maximum atomic E-state index is 5.67. The summed E-state index contributed by atoms with van der Waals surface area (Å²) in [4.78, 5) is 8.86. The van der Waals surface area contributed by atoms with Gasteiger partial charge in [0, 0.05) is 20.1 Å². The number of ether oxygens (including phenoxy) is 1. The number of imidazole rings is 1. The van der Waals surface area contributed by atoms with E-state index in [1.165, 1.54) is 5.52 Å². The summed E-state index contributed by atoms with van der Waals surface area (Å²) in [6.45, 7) is 5.10. The molecule has 0 aliphatic rings. The first-order valence-electron chi connectivity index (χ1n) is 9.32. The van der Waals surface area contributed by atoms with Crippen LogP contribution in [0.2, 0.25) is 0 Å². The molecule has 0 amide bonds. The van der Waals surface area contributed by atoms with E-state index in [2.05, 4.69) is 50.3 Å². The van der Waals surface area contributed by atoms with E-state index < -0.39 is 0 Å². The highest BCUT2D eigenvalue weighted by molar-refractivity contribution is 5.79. The number of aryl methyl sites for hydroxylation is 2. The maximum Gasteiger partial charge on any atom is 0.191 e. The second kappa shape index (κ2) is 9.62. The average Bonchev–Trinajstić information content (AvgIpc) is 3.02. The fraction of sp³-hybridized carbons (Fsp3) is 0.333. The van der Waals surface area contributed by atoms with Crippen molar-refractivity contribution in [1.82, 2.24) is 20.2 Å². The molecule has 0 atom stereocenters. The highest BCUT2D eigenvalue weighted by atomic mass is 16.5. The van der Waals surface area contributed by atoms with Crippen molar-refractivity contribution >= 4 is 17.0 Å². The number of guanidine groups is 1. The van der Waals surface area contributed by atoms with E-state index in [1.807, 2.05) is 36.4 Å². The first-order valence-corrected chi connectivity index (χ1v) is 9.32. The predicted molar refractivity (Wildman–Crippen MR) is 110 cm³/mol. The topological polar surface area (TPSA) is 63.5 Å². The lowest BCUT2D eigenvalue weighted by atomic mass is 10.3. The van der Waals surface area contributed by atoms with Crippen LogP contribution in [0.15, 0.2) is 59.6 Å². The van der Waals surface area contributed by atoms with Crippen LogP contribution in [0.4, 0.5) is 0 Å². The Bertz CT molecular complexity index is 873. The van der Waals surface area contributed by atoms with Gasteiger partial charge in [0.2, 0.25) is 0 Å². The number of hydrogen-bond acceptors (Lipinski definition) is 3. The third-order valence-corrected chi connectivity index (χ3v) is 4.33. The lowest BCUT2D eigenvalue weighted by Gasteiger charge is -2.13. The minimum atomic E-state index is 0.588. The van der Waals surface area contributed by atoms with Gasteiger partial charge in [-0.2, -0.15) is 0 Å². The van der Waals surface area contributed by atoms with Crippen molar-refractivity contribution in [1.29, 1.82) is 0 Å². The van der Waals surface area contributed by atoms with Crippen molar-refractivity contribution in [2.24, 2.45) is 4.99 Å². The number of nitrogens with zero attached hydrogens (tertiary/aromatic N) is 3. The molecule has 142 valence electrons. The van der Waals surface area contributed by atoms with E-state index in [4.69, 9.17) is 4.74 Å². The van der Waals surface area contributed by atoms with Crippen LogP contribution < -0.4 is 15.4 Å². The largest absolute Gasteiger partial charge is 0.492 e. The summed E-state index contributed by atoms with van der Waals surface area (Å²) in [6, 6.07) is 18.1. The molecule has 0 unspecified atom stereocenters. The Hall–Kier alpha value is -3.02. The van der Waals surface area contributed by atoms with Crippen LogP contribution in [0, 0.1) is 6.92 Å². The van der Waals surface area contributed by atoms with E-state index in [9.17, 15) is 0 Å². The number of benzene rings is 2. The summed E-state index contributed by atoms with van der Waals surface area (Å²) >= 11 is 0. The van der Waals surface area contributed by atoms with Crippen molar-refractivity contribution in [2.75, 3.05) is 26.7 Å². The lowest BCUT2D eigenvalue weighted by molar-refractivity contribution is 0.322. The Morgan fingerprint density at radius 1 is 1.04 bits per heavy atom. The number of fused-ring (bicyclic) bond motifs is 1. The molecule has 1 heterocycles. The Morgan fingerprint density at radius 3 is 2.59 bits per heavy atom. The van der Waals surface area contributed by atoms with Crippen LogP contribution in [-0.2, 0) is 6.54 Å². The molecular weight excluding hydrogens is 338 g/mol. The molecule has 0 aliphatic carbocycles. The molecule has 0 spiro atoms. The fourth-order valence-electron chi connectivity index (χ4n) is 3.00. The molecular formula is C21H27N5O. The Labute approximate surface area is 160 Å². The van der Waals surface area contributed by atoms with E-state index in [0.717, 1.165) is 42.6 Å². The fourth-order valence-corrected chi connectivity index (χ4v) is 3.00. The number of nitrogens with one attached hydrogen (secondary N) is 2. The van der Waals surface area contributed by atoms with Gasteiger partial charge in [-0.05, 0) is 37.6 Å². The van der Waals surface area contributed by atoms with E-state index >= 15 is 0 Å². The van der Waals surface area contributed by atoms with Crippen LogP contribution in [0.1, 0.15) is 12.2 Å². The highest BCUT2D eigenvalue weighted by Crippen LogP contribution is 2.15. The molecule has 27 heavy (non-hydrogen) atoms. The van der Waals surface area contributed by atoms with Gasteiger partial charge in [0.25, 0.3) is 0 Å². The summed E-state index contributed by atoms with van der Waals surface area (Å²) in [6.07, 6.45) is 0.989. The molecule has 3 aromatic rings. The first-order chi connectivity index (χ1) is 13.3. The summed E-state index contributed by atoms with van der Waals surface area (Å²) in [5, 5.41) is 6.62. The SMILES string of the molecule is CN=C(NCCCn1c(C)nc2ccccc21)NCCOc1ccccc1. The zero-order valence-corrected chi connectivity index (χ0v) is 16.0. The third-order valence-electron chi connectivity index (χ3n) is 4.33. The van der Waals surface area contributed by atoms with Crippen LogP contribution in [0.3, 0.4) is 0 Å². The maximum absolute atomic E-state index is 5.67. The minimum absolute atomic E-state index is 0.588. The van der Waals surface area contributed by atoms with Crippen molar-refractivity contribution in [2.45, 2.75) is 19.9 Å². The molecule has 1 aromatic heterocycles. The van der Waals surface area contributed by atoms with Gasteiger partial charge in [0.1, 0.15) is 18.2 Å².